The average Bonchev–Trinajstić information content (AvgIpc) is 2.91. The van der Waals surface area contributed by atoms with Crippen LogP contribution in [0.4, 0.5) is 4.39 Å². The van der Waals surface area contributed by atoms with Gasteiger partial charge in [-0.05, 0) is 17.7 Å². The molecule has 2 aromatic heterocycles. The first kappa shape index (κ1) is 12.5. The largest absolute Gasteiger partial charge is 0.493 e. The van der Waals surface area contributed by atoms with Crippen LogP contribution in [0.2, 0.25) is 0 Å². The van der Waals surface area contributed by atoms with Crippen LogP contribution >= 0.6 is 11.3 Å². The van der Waals surface area contributed by atoms with Gasteiger partial charge in [0.15, 0.2) is 5.82 Å². The number of rotatable bonds is 2. The van der Waals surface area contributed by atoms with Crippen LogP contribution in [-0.2, 0) is 0 Å². The first-order valence-electron chi connectivity index (χ1n) is 5.63. The molecule has 0 bridgehead atoms. The van der Waals surface area contributed by atoms with E-state index in [-0.39, 0.29) is 17.0 Å². The van der Waals surface area contributed by atoms with E-state index in [9.17, 15) is 14.3 Å². The van der Waals surface area contributed by atoms with Crippen molar-refractivity contribution < 1.29 is 9.50 Å². The van der Waals surface area contributed by atoms with E-state index in [2.05, 4.69) is 15.0 Å². The molecule has 3 rings (SSSR count). The van der Waals surface area contributed by atoms with Gasteiger partial charge in [-0.2, -0.15) is 4.98 Å². The van der Waals surface area contributed by atoms with E-state index in [0.717, 1.165) is 0 Å². The highest BCUT2D eigenvalue weighted by atomic mass is 32.1. The van der Waals surface area contributed by atoms with Crippen LogP contribution in [0.25, 0.3) is 21.8 Å². The van der Waals surface area contributed by atoms with Gasteiger partial charge in [-0.25, -0.2) is 4.39 Å². The van der Waals surface area contributed by atoms with Gasteiger partial charge in [0.25, 0.3) is 5.56 Å². The Kier molecular flexibility index (Phi) is 3.03. The second-order valence-corrected chi connectivity index (χ2v) is 4.88. The SMILES string of the molecule is O=c1[nH]c(-c2cncs2)nc(O)c1-c1cccc(F)c1. The zero-order valence-corrected chi connectivity index (χ0v) is 10.8. The van der Waals surface area contributed by atoms with Crippen LogP contribution < -0.4 is 5.56 Å². The molecular weight excluding hydrogens is 281 g/mol. The van der Waals surface area contributed by atoms with E-state index >= 15 is 0 Å². The molecule has 7 heteroatoms. The van der Waals surface area contributed by atoms with Crippen molar-refractivity contribution in [2.24, 2.45) is 0 Å². The minimum atomic E-state index is -0.536. The fourth-order valence-electron chi connectivity index (χ4n) is 1.81. The van der Waals surface area contributed by atoms with Gasteiger partial charge in [0.05, 0.1) is 10.4 Å². The minimum absolute atomic E-state index is 0.0576. The fourth-order valence-corrected chi connectivity index (χ4v) is 2.38. The van der Waals surface area contributed by atoms with Gasteiger partial charge >= 0.3 is 0 Å². The number of benzene rings is 1. The normalized spacial score (nSPS) is 10.7. The van der Waals surface area contributed by atoms with E-state index in [1.165, 1.54) is 41.8 Å². The number of aromatic amines is 1. The van der Waals surface area contributed by atoms with Gasteiger partial charge in [-0.3, -0.25) is 9.78 Å². The lowest BCUT2D eigenvalue weighted by molar-refractivity contribution is 0.454. The number of thiazole rings is 1. The molecule has 0 saturated heterocycles. The van der Waals surface area contributed by atoms with E-state index in [1.54, 1.807) is 5.51 Å². The standard InChI is InChI=1S/C13H8FN3O2S/c14-8-3-1-2-7(4-8)10-12(18)16-11(17-13(10)19)9-5-15-6-20-9/h1-6H,(H2,16,17,18,19). The number of hydrogen-bond acceptors (Lipinski definition) is 5. The fraction of sp³-hybridized carbons (Fsp3) is 0. The Bertz CT molecular complexity index is 815. The van der Waals surface area contributed by atoms with Gasteiger partial charge < -0.3 is 10.1 Å². The number of hydrogen-bond donors (Lipinski definition) is 2. The Balaban J connectivity index is 2.17. The van der Waals surface area contributed by atoms with Gasteiger partial charge in [-0.1, -0.05) is 12.1 Å². The van der Waals surface area contributed by atoms with Crippen molar-refractivity contribution in [3.63, 3.8) is 0 Å². The molecule has 0 aliphatic rings. The van der Waals surface area contributed by atoms with Crippen LogP contribution in [0, 0.1) is 5.82 Å². The van der Waals surface area contributed by atoms with Crippen LogP contribution in [-0.4, -0.2) is 20.1 Å². The lowest BCUT2D eigenvalue weighted by Crippen LogP contribution is -2.11. The number of nitrogens with one attached hydrogen (secondary N) is 1. The van der Waals surface area contributed by atoms with E-state index in [0.29, 0.717) is 4.88 Å². The monoisotopic (exact) mass is 289 g/mol. The van der Waals surface area contributed by atoms with Gasteiger partial charge in [0, 0.05) is 6.20 Å². The zero-order valence-electron chi connectivity index (χ0n) is 10.0. The number of H-pyrrole nitrogens is 1. The molecule has 0 spiro atoms. The number of nitrogens with zero attached hydrogens (tertiary/aromatic N) is 2. The summed E-state index contributed by atoms with van der Waals surface area (Å²) in [5.41, 5.74) is 1.27. The Labute approximate surface area is 116 Å². The molecule has 0 aliphatic carbocycles. The molecule has 2 heterocycles. The van der Waals surface area contributed by atoms with Crippen LogP contribution in [0.15, 0.2) is 40.8 Å². The predicted octanol–water partition coefficient (Wildman–Crippen LogP) is 2.41. The molecule has 0 fully saturated rings. The van der Waals surface area contributed by atoms with Crippen molar-refractivity contribution in [3.8, 4) is 27.7 Å². The van der Waals surface area contributed by atoms with Crippen molar-refractivity contribution in [1.29, 1.82) is 0 Å². The summed E-state index contributed by atoms with van der Waals surface area (Å²) in [5.74, 6) is -0.703. The quantitative estimate of drug-likeness (QED) is 0.759. The molecule has 0 atom stereocenters. The first-order chi connectivity index (χ1) is 9.65. The highest BCUT2D eigenvalue weighted by molar-refractivity contribution is 7.13. The Hall–Kier alpha value is -2.54. The highest BCUT2D eigenvalue weighted by Crippen LogP contribution is 2.27. The summed E-state index contributed by atoms with van der Waals surface area (Å²) >= 11 is 1.28. The van der Waals surface area contributed by atoms with Crippen molar-refractivity contribution in [3.05, 3.63) is 52.1 Å². The Morgan fingerprint density at radius 3 is 2.85 bits per heavy atom. The highest BCUT2D eigenvalue weighted by Gasteiger charge is 2.14. The van der Waals surface area contributed by atoms with Crippen molar-refractivity contribution in [1.82, 2.24) is 15.0 Å². The smallest absolute Gasteiger partial charge is 0.262 e. The van der Waals surface area contributed by atoms with E-state index in [1.807, 2.05) is 0 Å². The molecule has 1 aromatic carbocycles. The maximum Gasteiger partial charge on any atom is 0.262 e. The van der Waals surface area contributed by atoms with Gasteiger partial charge in [0.1, 0.15) is 11.4 Å². The molecule has 5 nitrogen and oxygen atoms in total. The predicted molar refractivity (Wildman–Crippen MR) is 73.0 cm³/mol. The Morgan fingerprint density at radius 2 is 2.20 bits per heavy atom. The summed E-state index contributed by atoms with van der Waals surface area (Å²) < 4.78 is 13.2. The molecule has 0 unspecified atom stereocenters. The van der Waals surface area contributed by atoms with E-state index < -0.39 is 17.3 Å². The third-order valence-corrected chi connectivity index (χ3v) is 3.46. The molecule has 3 aromatic rings. The minimum Gasteiger partial charge on any atom is -0.493 e. The summed E-state index contributed by atoms with van der Waals surface area (Å²) in [6, 6.07) is 5.41. The van der Waals surface area contributed by atoms with Gasteiger partial charge in [-0.15, -0.1) is 11.3 Å². The molecule has 2 N–H and O–H groups in total. The molecule has 0 amide bonds. The average molecular weight is 289 g/mol. The first-order valence-corrected chi connectivity index (χ1v) is 6.51. The molecule has 20 heavy (non-hydrogen) atoms. The summed E-state index contributed by atoms with van der Waals surface area (Å²) in [5, 5.41) is 9.95. The second-order valence-electron chi connectivity index (χ2n) is 3.99. The molecule has 0 aliphatic heterocycles. The lowest BCUT2D eigenvalue weighted by atomic mass is 10.1. The second kappa shape index (κ2) is 4.86. The van der Waals surface area contributed by atoms with Crippen molar-refractivity contribution in [2.75, 3.05) is 0 Å². The zero-order chi connectivity index (χ0) is 14.1. The van der Waals surface area contributed by atoms with E-state index in [4.69, 9.17) is 0 Å². The van der Waals surface area contributed by atoms with Crippen LogP contribution in [0.3, 0.4) is 0 Å². The summed E-state index contributed by atoms with van der Waals surface area (Å²) in [6.07, 6.45) is 1.53. The molecule has 0 radical (unpaired) electrons. The topological polar surface area (TPSA) is 78.9 Å². The third-order valence-electron chi connectivity index (χ3n) is 2.68. The summed E-state index contributed by atoms with van der Waals surface area (Å²) in [7, 11) is 0. The summed E-state index contributed by atoms with van der Waals surface area (Å²) in [4.78, 5) is 23.1. The third kappa shape index (κ3) is 2.19. The maximum absolute atomic E-state index is 13.2. The Morgan fingerprint density at radius 1 is 1.35 bits per heavy atom. The van der Waals surface area contributed by atoms with Crippen LogP contribution in [0.5, 0.6) is 5.88 Å². The number of aromatic hydroxyl groups is 1. The van der Waals surface area contributed by atoms with Gasteiger partial charge in [0.2, 0.25) is 5.88 Å². The lowest BCUT2D eigenvalue weighted by Gasteiger charge is -2.05. The summed E-state index contributed by atoms with van der Waals surface area (Å²) in [6.45, 7) is 0. The van der Waals surface area contributed by atoms with Crippen molar-refractivity contribution in [2.45, 2.75) is 0 Å². The molecule has 0 saturated carbocycles. The maximum atomic E-state index is 13.2. The molecular formula is C13H8FN3O2S. The van der Waals surface area contributed by atoms with Crippen molar-refractivity contribution >= 4 is 11.3 Å². The number of halogens is 1. The van der Waals surface area contributed by atoms with Crippen LogP contribution in [0.1, 0.15) is 0 Å². The molecule has 100 valence electrons. The number of aromatic nitrogens is 3.